The van der Waals surface area contributed by atoms with Crippen LogP contribution in [0.1, 0.15) is 23.0 Å². The van der Waals surface area contributed by atoms with Gasteiger partial charge in [-0.05, 0) is 13.8 Å². The lowest BCUT2D eigenvalue weighted by Gasteiger charge is -2.35. The number of aryl methyl sites for hydroxylation is 2. The number of halogens is 2. The van der Waals surface area contributed by atoms with Gasteiger partial charge in [0.25, 0.3) is 6.43 Å². The Bertz CT molecular complexity index is 473. The van der Waals surface area contributed by atoms with Crippen LogP contribution in [-0.4, -0.2) is 60.3 Å². The lowest BCUT2D eigenvalue weighted by atomic mass is 10.0. The van der Waals surface area contributed by atoms with E-state index in [4.69, 9.17) is 4.74 Å². The molecule has 0 spiro atoms. The molecule has 2 rings (SSSR count). The number of aromatic nitrogens is 2. The summed E-state index contributed by atoms with van der Waals surface area (Å²) in [5.74, 6) is -0.402. The molecule has 2 heterocycles. The topological polar surface area (TPSA) is 70.2 Å². The molecule has 6 nitrogen and oxygen atoms in total. The molecule has 2 N–H and O–H groups in total. The highest BCUT2D eigenvalue weighted by Gasteiger charge is 2.29. The number of rotatable bonds is 5. The van der Waals surface area contributed by atoms with Crippen molar-refractivity contribution in [2.45, 2.75) is 26.3 Å². The van der Waals surface area contributed by atoms with Gasteiger partial charge in [-0.15, -0.1) is 0 Å². The van der Waals surface area contributed by atoms with Crippen LogP contribution in [0.2, 0.25) is 0 Å². The molecule has 0 aliphatic carbocycles. The van der Waals surface area contributed by atoms with E-state index >= 15 is 0 Å². The molecule has 0 aromatic carbocycles. The predicted octanol–water partition coefficient (Wildman–Crippen LogP) is 0.781. The average Bonchev–Trinajstić information content (AvgIpc) is 2.77. The van der Waals surface area contributed by atoms with E-state index < -0.39 is 18.9 Å². The van der Waals surface area contributed by atoms with Gasteiger partial charge in [0.05, 0.1) is 38.0 Å². The number of morpholine rings is 1. The standard InChI is InChI=1S/C13H20F2N4O2/c1-8-13(9(2)18-17-8)10-7-21-4-3-19(10)6-12(20)16-5-11(14)15/h10-11H,3-7H2,1-2H3,(H,16,20)(H,17,18). The first-order chi connectivity index (χ1) is 9.99. The van der Waals surface area contributed by atoms with Gasteiger partial charge < -0.3 is 10.1 Å². The van der Waals surface area contributed by atoms with Crippen LogP contribution in [0.5, 0.6) is 0 Å². The van der Waals surface area contributed by atoms with Crippen LogP contribution in [0.3, 0.4) is 0 Å². The first-order valence-electron chi connectivity index (χ1n) is 6.87. The molecule has 21 heavy (non-hydrogen) atoms. The summed E-state index contributed by atoms with van der Waals surface area (Å²) in [5, 5.41) is 9.30. The molecule has 0 radical (unpaired) electrons. The van der Waals surface area contributed by atoms with Crippen molar-refractivity contribution in [3.63, 3.8) is 0 Å². The van der Waals surface area contributed by atoms with Crippen LogP contribution < -0.4 is 5.32 Å². The third-order valence-corrected chi connectivity index (χ3v) is 3.56. The fraction of sp³-hybridized carbons (Fsp3) is 0.692. The van der Waals surface area contributed by atoms with Gasteiger partial charge in [0.15, 0.2) is 0 Å². The van der Waals surface area contributed by atoms with Crippen molar-refractivity contribution in [2.24, 2.45) is 0 Å². The fourth-order valence-electron chi connectivity index (χ4n) is 2.58. The van der Waals surface area contributed by atoms with Gasteiger partial charge in [-0.2, -0.15) is 5.10 Å². The Morgan fingerprint density at radius 3 is 2.95 bits per heavy atom. The number of amides is 1. The van der Waals surface area contributed by atoms with Crippen LogP contribution in [0.15, 0.2) is 0 Å². The van der Waals surface area contributed by atoms with Gasteiger partial charge in [0.1, 0.15) is 0 Å². The number of carbonyl (C=O) groups is 1. The second-order valence-electron chi connectivity index (χ2n) is 5.10. The Hall–Kier alpha value is -1.54. The quantitative estimate of drug-likeness (QED) is 0.843. The average molecular weight is 302 g/mol. The highest BCUT2D eigenvalue weighted by Crippen LogP contribution is 2.27. The van der Waals surface area contributed by atoms with Crippen LogP contribution in [0.4, 0.5) is 8.78 Å². The van der Waals surface area contributed by atoms with Gasteiger partial charge in [-0.25, -0.2) is 8.78 Å². The van der Waals surface area contributed by atoms with Gasteiger partial charge in [0.2, 0.25) is 5.91 Å². The van der Waals surface area contributed by atoms with Gasteiger partial charge in [-0.3, -0.25) is 14.8 Å². The maximum absolute atomic E-state index is 12.1. The summed E-state index contributed by atoms with van der Waals surface area (Å²) < 4.78 is 29.7. The second kappa shape index (κ2) is 6.95. The molecule has 0 bridgehead atoms. The van der Waals surface area contributed by atoms with Crippen molar-refractivity contribution in [3.05, 3.63) is 17.0 Å². The van der Waals surface area contributed by atoms with E-state index in [-0.39, 0.29) is 12.6 Å². The zero-order chi connectivity index (χ0) is 15.4. The molecule has 8 heteroatoms. The Morgan fingerprint density at radius 2 is 2.33 bits per heavy atom. The number of hydrogen-bond donors (Lipinski definition) is 2. The Morgan fingerprint density at radius 1 is 1.57 bits per heavy atom. The molecule has 1 aromatic rings. The zero-order valence-electron chi connectivity index (χ0n) is 12.2. The fourth-order valence-corrected chi connectivity index (χ4v) is 2.58. The summed E-state index contributed by atoms with van der Waals surface area (Å²) >= 11 is 0. The van der Waals surface area contributed by atoms with Crippen molar-refractivity contribution >= 4 is 5.91 Å². The summed E-state index contributed by atoms with van der Waals surface area (Å²) in [6.45, 7) is 4.83. The smallest absolute Gasteiger partial charge is 0.255 e. The van der Waals surface area contributed by atoms with Crippen LogP contribution in [0.25, 0.3) is 0 Å². The summed E-state index contributed by atoms with van der Waals surface area (Å²) in [4.78, 5) is 13.7. The zero-order valence-corrected chi connectivity index (χ0v) is 12.2. The number of nitrogens with zero attached hydrogens (tertiary/aromatic N) is 2. The Labute approximate surface area is 121 Å². The molecular weight excluding hydrogens is 282 g/mol. The highest BCUT2D eigenvalue weighted by molar-refractivity contribution is 5.78. The van der Waals surface area contributed by atoms with Crippen molar-refractivity contribution in [1.82, 2.24) is 20.4 Å². The van der Waals surface area contributed by atoms with E-state index in [9.17, 15) is 13.6 Å². The molecule has 1 saturated heterocycles. The summed E-state index contributed by atoms with van der Waals surface area (Å²) in [7, 11) is 0. The van der Waals surface area contributed by atoms with Crippen LogP contribution in [0, 0.1) is 13.8 Å². The maximum Gasteiger partial charge on any atom is 0.255 e. The molecule has 1 fully saturated rings. The highest BCUT2D eigenvalue weighted by atomic mass is 19.3. The van der Waals surface area contributed by atoms with E-state index in [1.54, 1.807) is 0 Å². The monoisotopic (exact) mass is 302 g/mol. The van der Waals surface area contributed by atoms with Crippen molar-refractivity contribution in [1.29, 1.82) is 0 Å². The molecule has 1 amide bonds. The van der Waals surface area contributed by atoms with E-state index in [1.165, 1.54) is 0 Å². The van der Waals surface area contributed by atoms with Crippen LogP contribution in [-0.2, 0) is 9.53 Å². The number of hydrogen-bond acceptors (Lipinski definition) is 4. The summed E-state index contributed by atoms with van der Waals surface area (Å²) in [5.41, 5.74) is 2.80. The number of alkyl halides is 2. The lowest BCUT2D eigenvalue weighted by molar-refractivity contribution is -0.125. The molecule has 1 atom stereocenters. The van der Waals surface area contributed by atoms with Crippen molar-refractivity contribution in [2.75, 3.05) is 32.8 Å². The van der Waals surface area contributed by atoms with E-state index in [1.807, 2.05) is 18.7 Å². The number of ether oxygens (including phenoxy) is 1. The molecule has 1 aliphatic heterocycles. The lowest BCUT2D eigenvalue weighted by Crippen LogP contribution is -2.46. The number of aromatic amines is 1. The summed E-state index contributed by atoms with van der Waals surface area (Å²) in [6.07, 6.45) is -2.53. The maximum atomic E-state index is 12.1. The van der Waals surface area contributed by atoms with Gasteiger partial charge in [-0.1, -0.05) is 0 Å². The second-order valence-corrected chi connectivity index (χ2v) is 5.10. The Balaban J connectivity index is 2.04. The Kier molecular flexibility index (Phi) is 5.24. The normalized spacial score (nSPS) is 20.0. The van der Waals surface area contributed by atoms with Crippen molar-refractivity contribution < 1.29 is 18.3 Å². The molecular formula is C13H20F2N4O2. The number of H-pyrrole nitrogens is 1. The van der Waals surface area contributed by atoms with Gasteiger partial charge >= 0.3 is 0 Å². The van der Waals surface area contributed by atoms with Crippen LogP contribution >= 0.6 is 0 Å². The summed E-state index contributed by atoms with van der Waals surface area (Å²) in [6, 6.07) is -0.0881. The first-order valence-corrected chi connectivity index (χ1v) is 6.87. The molecule has 1 unspecified atom stereocenters. The predicted molar refractivity (Wildman–Crippen MR) is 72.2 cm³/mol. The molecule has 0 saturated carbocycles. The molecule has 118 valence electrons. The van der Waals surface area contributed by atoms with Gasteiger partial charge in [0, 0.05) is 17.8 Å². The third-order valence-electron chi connectivity index (χ3n) is 3.56. The SMILES string of the molecule is Cc1n[nH]c(C)c1C1COCCN1CC(=O)NCC(F)F. The minimum absolute atomic E-state index is 0.0742. The van der Waals surface area contributed by atoms with Crippen molar-refractivity contribution in [3.8, 4) is 0 Å². The number of carbonyl (C=O) groups excluding carboxylic acids is 1. The molecule has 1 aliphatic rings. The molecule has 1 aromatic heterocycles. The minimum Gasteiger partial charge on any atom is -0.378 e. The third kappa shape index (κ3) is 3.98. The first kappa shape index (κ1) is 15.8. The van der Waals surface area contributed by atoms with E-state index in [0.717, 1.165) is 17.0 Å². The van der Waals surface area contributed by atoms with E-state index in [0.29, 0.717) is 19.8 Å². The largest absolute Gasteiger partial charge is 0.378 e. The minimum atomic E-state index is -2.53. The number of nitrogens with one attached hydrogen (secondary N) is 2. The van der Waals surface area contributed by atoms with E-state index in [2.05, 4.69) is 15.5 Å².